The number of halogens is 1. The minimum absolute atomic E-state index is 0.209. The molecule has 1 aromatic heterocycles. The van der Waals surface area contributed by atoms with Crippen LogP contribution in [0.4, 0.5) is 0 Å². The predicted molar refractivity (Wildman–Crippen MR) is 61.2 cm³/mol. The summed E-state index contributed by atoms with van der Waals surface area (Å²) in [5.74, 6) is 0.562. The highest BCUT2D eigenvalue weighted by atomic mass is 35.5. The minimum Gasteiger partial charge on any atom is -0.443 e. The van der Waals surface area contributed by atoms with Crippen LogP contribution in [0.5, 0.6) is 0 Å². The van der Waals surface area contributed by atoms with E-state index in [0.29, 0.717) is 5.88 Å². The Bertz CT molecular complexity index is 453. The molecule has 0 spiro atoms. The number of fused-ring (bicyclic) bond motifs is 1. The van der Waals surface area contributed by atoms with Gasteiger partial charge in [-0.15, -0.1) is 11.6 Å². The number of rotatable bonds is 3. The lowest BCUT2D eigenvalue weighted by atomic mass is 10.1. The molecule has 0 fully saturated rings. The number of hydrogen-bond acceptors (Lipinski definition) is 3. The number of alkyl halides is 1. The molecule has 1 atom stereocenters. The number of aromatic nitrogens is 1. The third kappa shape index (κ3) is 1.98. The second kappa shape index (κ2) is 4.21. The van der Waals surface area contributed by atoms with Crippen LogP contribution in [0.15, 0.2) is 29.0 Å². The van der Waals surface area contributed by atoms with Crippen LogP contribution in [-0.2, 0) is 0 Å². The van der Waals surface area contributed by atoms with E-state index in [2.05, 4.69) is 9.88 Å². The van der Waals surface area contributed by atoms with E-state index in [-0.39, 0.29) is 6.04 Å². The average molecular weight is 225 g/mol. The van der Waals surface area contributed by atoms with Crippen LogP contribution < -0.4 is 0 Å². The molecule has 80 valence electrons. The van der Waals surface area contributed by atoms with Crippen LogP contribution in [-0.4, -0.2) is 29.9 Å². The van der Waals surface area contributed by atoms with Gasteiger partial charge in [0, 0.05) is 11.9 Å². The molecular formula is C11H13ClN2O. The van der Waals surface area contributed by atoms with E-state index in [0.717, 1.165) is 16.7 Å². The quantitative estimate of drug-likeness (QED) is 0.751. The predicted octanol–water partition coefficient (Wildman–Crippen LogP) is 2.67. The fraction of sp³-hybridized carbons (Fsp3) is 0.364. The monoisotopic (exact) mass is 224 g/mol. The van der Waals surface area contributed by atoms with E-state index >= 15 is 0 Å². The molecule has 3 nitrogen and oxygen atoms in total. The van der Waals surface area contributed by atoms with Crippen molar-refractivity contribution in [3.05, 3.63) is 30.2 Å². The minimum atomic E-state index is 0.209. The van der Waals surface area contributed by atoms with Crippen molar-refractivity contribution in [3.63, 3.8) is 0 Å². The van der Waals surface area contributed by atoms with Crippen molar-refractivity contribution in [1.82, 2.24) is 9.88 Å². The van der Waals surface area contributed by atoms with Gasteiger partial charge < -0.3 is 9.32 Å². The van der Waals surface area contributed by atoms with Gasteiger partial charge in [-0.1, -0.05) is 6.07 Å². The van der Waals surface area contributed by atoms with Crippen LogP contribution in [0.25, 0.3) is 11.1 Å². The summed E-state index contributed by atoms with van der Waals surface area (Å²) in [7, 11) is 4.02. The molecule has 0 amide bonds. The molecule has 0 aliphatic rings. The Labute approximate surface area is 93.6 Å². The molecule has 1 heterocycles. The first-order chi connectivity index (χ1) is 7.22. The molecule has 4 heteroatoms. The molecule has 2 rings (SSSR count). The normalized spacial score (nSPS) is 13.6. The van der Waals surface area contributed by atoms with Crippen LogP contribution >= 0.6 is 11.6 Å². The summed E-state index contributed by atoms with van der Waals surface area (Å²) >= 11 is 5.93. The van der Waals surface area contributed by atoms with Gasteiger partial charge in [0.25, 0.3) is 0 Å². The smallest absolute Gasteiger partial charge is 0.181 e. The van der Waals surface area contributed by atoms with E-state index in [1.807, 2.05) is 32.3 Å². The lowest BCUT2D eigenvalue weighted by Gasteiger charge is -2.21. The maximum absolute atomic E-state index is 5.93. The van der Waals surface area contributed by atoms with Crippen molar-refractivity contribution in [2.75, 3.05) is 20.0 Å². The average Bonchev–Trinajstić information content (AvgIpc) is 2.65. The topological polar surface area (TPSA) is 29.3 Å². The lowest BCUT2D eigenvalue weighted by molar-refractivity contribution is 0.324. The molecule has 0 aliphatic carbocycles. The van der Waals surface area contributed by atoms with Crippen molar-refractivity contribution in [2.45, 2.75) is 6.04 Å². The van der Waals surface area contributed by atoms with Gasteiger partial charge in [0.1, 0.15) is 5.52 Å². The maximum Gasteiger partial charge on any atom is 0.181 e. The van der Waals surface area contributed by atoms with Crippen molar-refractivity contribution >= 4 is 22.7 Å². The zero-order valence-corrected chi connectivity index (χ0v) is 9.53. The standard InChI is InChI=1S/C11H13ClN2O/c1-14(2)10(6-12)8-3-4-9-11(5-8)15-7-13-9/h3-5,7,10H,6H2,1-2H3. The van der Waals surface area contributed by atoms with Crippen molar-refractivity contribution in [3.8, 4) is 0 Å². The Kier molecular flexibility index (Phi) is 2.93. The third-order valence-corrected chi connectivity index (χ3v) is 2.80. The van der Waals surface area contributed by atoms with E-state index < -0.39 is 0 Å². The summed E-state index contributed by atoms with van der Waals surface area (Å²) in [5.41, 5.74) is 2.84. The highest BCUT2D eigenvalue weighted by molar-refractivity contribution is 6.18. The maximum atomic E-state index is 5.93. The molecule has 15 heavy (non-hydrogen) atoms. The second-order valence-corrected chi connectivity index (χ2v) is 4.02. The highest BCUT2D eigenvalue weighted by Crippen LogP contribution is 2.23. The Balaban J connectivity index is 2.41. The van der Waals surface area contributed by atoms with Gasteiger partial charge in [0.15, 0.2) is 12.0 Å². The third-order valence-electron chi connectivity index (χ3n) is 2.51. The Morgan fingerprint density at radius 3 is 2.93 bits per heavy atom. The zero-order valence-electron chi connectivity index (χ0n) is 8.77. The summed E-state index contributed by atoms with van der Waals surface area (Å²) in [4.78, 5) is 6.16. The fourth-order valence-electron chi connectivity index (χ4n) is 1.60. The molecule has 0 N–H and O–H groups in total. The molecule has 0 saturated heterocycles. The molecule has 1 unspecified atom stereocenters. The van der Waals surface area contributed by atoms with E-state index in [1.54, 1.807) is 0 Å². The first kappa shape index (κ1) is 10.5. The van der Waals surface area contributed by atoms with Gasteiger partial charge in [-0.25, -0.2) is 4.98 Å². The first-order valence-corrected chi connectivity index (χ1v) is 5.31. The molecule has 2 aromatic rings. The summed E-state index contributed by atoms with van der Waals surface area (Å²) in [6.07, 6.45) is 1.46. The van der Waals surface area contributed by atoms with Gasteiger partial charge in [0.05, 0.1) is 0 Å². The number of oxazole rings is 1. The SMILES string of the molecule is CN(C)C(CCl)c1ccc2ncoc2c1. The Hall–Kier alpha value is -1.06. The van der Waals surface area contributed by atoms with E-state index in [9.17, 15) is 0 Å². The molecule has 0 aliphatic heterocycles. The molecule has 0 bridgehead atoms. The second-order valence-electron chi connectivity index (χ2n) is 3.71. The lowest BCUT2D eigenvalue weighted by Crippen LogP contribution is -2.21. The molecule has 0 radical (unpaired) electrons. The molecule has 1 aromatic carbocycles. The highest BCUT2D eigenvalue weighted by Gasteiger charge is 2.13. The van der Waals surface area contributed by atoms with Gasteiger partial charge in [0.2, 0.25) is 0 Å². The fourth-order valence-corrected chi connectivity index (χ4v) is 2.06. The summed E-state index contributed by atoms with van der Waals surface area (Å²) in [6, 6.07) is 6.20. The van der Waals surface area contributed by atoms with Gasteiger partial charge in [-0.2, -0.15) is 0 Å². The van der Waals surface area contributed by atoms with Crippen LogP contribution in [0.3, 0.4) is 0 Å². The van der Waals surface area contributed by atoms with E-state index in [1.165, 1.54) is 6.39 Å². The first-order valence-electron chi connectivity index (χ1n) is 4.78. The number of nitrogens with zero attached hydrogens (tertiary/aromatic N) is 2. The van der Waals surface area contributed by atoms with Gasteiger partial charge >= 0.3 is 0 Å². The summed E-state index contributed by atoms with van der Waals surface area (Å²) in [5, 5.41) is 0. The van der Waals surface area contributed by atoms with Crippen molar-refractivity contribution in [2.24, 2.45) is 0 Å². The van der Waals surface area contributed by atoms with Crippen LogP contribution in [0.2, 0.25) is 0 Å². The summed E-state index contributed by atoms with van der Waals surface area (Å²) < 4.78 is 5.26. The van der Waals surface area contributed by atoms with Gasteiger partial charge in [-0.3, -0.25) is 0 Å². The van der Waals surface area contributed by atoms with Crippen molar-refractivity contribution < 1.29 is 4.42 Å². The van der Waals surface area contributed by atoms with Crippen LogP contribution in [0.1, 0.15) is 11.6 Å². The Morgan fingerprint density at radius 2 is 2.27 bits per heavy atom. The Morgan fingerprint density at radius 1 is 1.47 bits per heavy atom. The van der Waals surface area contributed by atoms with E-state index in [4.69, 9.17) is 16.0 Å². The van der Waals surface area contributed by atoms with Crippen LogP contribution in [0, 0.1) is 0 Å². The summed E-state index contributed by atoms with van der Waals surface area (Å²) in [6.45, 7) is 0. The molecular weight excluding hydrogens is 212 g/mol. The number of benzene rings is 1. The zero-order chi connectivity index (χ0) is 10.8. The van der Waals surface area contributed by atoms with Crippen molar-refractivity contribution in [1.29, 1.82) is 0 Å². The van der Waals surface area contributed by atoms with Gasteiger partial charge in [-0.05, 0) is 31.8 Å². The molecule has 0 saturated carbocycles. The largest absolute Gasteiger partial charge is 0.443 e. The number of hydrogen-bond donors (Lipinski definition) is 0.